The van der Waals surface area contributed by atoms with Crippen molar-refractivity contribution < 1.29 is 0 Å². The Bertz CT molecular complexity index is 218. The van der Waals surface area contributed by atoms with E-state index in [1.807, 2.05) is 6.07 Å². The van der Waals surface area contributed by atoms with Crippen LogP contribution in [0.3, 0.4) is 0 Å². The van der Waals surface area contributed by atoms with Gasteiger partial charge in [-0.15, -0.1) is 0 Å². The number of hydrogen-bond acceptors (Lipinski definition) is 2. The molecule has 0 aliphatic heterocycles. The number of aromatic amines is 1. The minimum Gasteiger partial charge on any atom is -0.284 e. The molecule has 3 nitrogen and oxygen atoms in total. The molecule has 0 aromatic carbocycles. The van der Waals surface area contributed by atoms with Crippen molar-refractivity contribution in [2.45, 2.75) is 0 Å². The van der Waals surface area contributed by atoms with Crippen molar-refractivity contribution in [2.75, 3.05) is 0 Å². The third kappa shape index (κ3) is 0.562. The summed E-state index contributed by atoms with van der Waals surface area (Å²) < 4.78 is 0. The Morgan fingerprint density at radius 3 is 2.88 bits per heavy atom. The van der Waals surface area contributed by atoms with Crippen LogP contribution in [0.2, 0.25) is 0 Å². The lowest BCUT2D eigenvalue weighted by Crippen LogP contribution is -1.74. The molecule has 0 saturated heterocycles. The molecule has 0 aliphatic carbocycles. The van der Waals surface area contributed by atoms with Crippen molar-refractivity contribution in [3.63, 3.8) is 0 Å². The lowest BCUT2D eigenvalue weighted by Gasteiger charge is -1.73. The van der Waals surface area contributed by atoms with E-state index in [2.05, 4.69) is 17.1 Å². The van der Waals surface area contributed by atoms with Gasteiger partial charge in [-0.25, -0.2) is 0 Å². The molecule has 0 atom stereocenters. The molecule has 39 valence electrons. The van der Waals surface area contributed by atoms with Crippen molar-refractivity contribution in [1.29, 1.82) is 5.26 Å². The van der Waals surface area contributed by atoms with Gasteiger partial charge in [0.05, 0.1) is 0 Å². The van der Waals surface area contributed by atoms with Crippen LogP contribution in [0.25, 0.3) is 0 Å². The first-order chi connectivity index (χ1) is 3.84. The van der Waals surface area contributed by atoms with Crippen LogP contribution < -0.4 is 0 Å². The molecule has 1 heterocycles. The van der Waals surface area contributed by atoms with Gasteiger partial charge in [-0.05, 0) is 6.92 Å². The first-order valence-corrected chi connectivity index (χ1v) is 2.10. The monoisotopic (exact) mass is 106 g/mol. The van der Waals surface area contributed by atoms with Gasteiger partial charge in [-0.2, -0.15) is 10.4 Å². The van der Waals surface area contributed by atoms with Gasteiger partial charge >= 0.3 is 0 Å². The average Bonchev–Trinajstić information content (AvgIpc) is 2.14. The number of nitrogens with zero attached hydrogens (tertiary/aromatic N) is 2. The van der Waals surface area contributed by atoms with Crippen molar-refractivity contribution >= 4 is 0 Å². The number of H-pyrrole nitrogens is 1. The third-order valence-electron chi connectivity index (χ3n) is 0.825. The third-order valence-corrected chi connectivity index (χ3v) is 0.825. The fraction of sp³-hybridized carbons (Fsp3) is 0. The molecule has 0 unspecified atom stereocenters. The van der Waals surface area contributed by atoms with Crippen LogP contribution in [0.1, 0.15) is 11.3 Å². The van der Waals surface area contributed by atoms with E-state index in [4.69, 9.17) is 5.26 Å². The molecule has 1 rings (SSSR count). The van der Waals surface area contributed by atoms with Crippen LogP contribution in [0, 0.1) is 18.3 Å². The predicted octanol–water partition coefficient (Wildman–Crippen LogP) is 0.464. The van der Waals surface area contributed by atoms with Crippen molar-refractivity contribution in [1.82, 2.24) is 10.2 Å². The van der Waals surface area contributed by atoms with E-state index in [1.165, 1.54) is 0 Å². The smallest absolute Gasteiger partial charge is 0.165 e. The zero-order chi connectivity index (χ0) is 5.98. The lowest BCUT2D eigenvalue weighted by atomic mass is 10.3. The van der Waals surface area contributed by atoms with E-state index in [1.54, 1.807) is 6.20 Å². The molecule has 0 fully saturated rings. The minimum absolute atomic E-state index is 0.366. The highest BCUT2D eigenvalue weighted by Gasteiger charge is 1.94. The Balaban J connectivity index is 3.15. The summed E-state index contributed by atoms with van der Waals surface area (Å²) in [5.74, 6) is 0. The molecule has 0 spiro atoms. The minimum atomic E-state index is 0.366. The highest BCUT2D eigenvalue weighted by Crippen LogP contribution is 1.97. The maximum absolute atomic E-state index is 8.23. The van der Waals surface area contributed by atoms with Crippen LogP contribution in [-0.4, -0.2) is 10.2 Å². The maximum atomic E-state index is 8.23. The van der Waals surface area contributed by atoms with E-state index in [0.717, 1.165) is 0 Å². The predicted molar refractivity (Wildman–Crippen MR) is 27.8 cm³/mol. The van der Waals surface area contributed by atoms with Gasteiger partial charge in [0.1, 0.15) is 6.07 Å². The van der Waals surface area contributed by atoms with Crippen molar-refractivity contribution in [3.8, 4) is 6.07 Å². The van der Waals surface area contributed by atoms with Gasteiger partial charge in [-0.3, -0.25) is 5.10 Å². The molecule has 1 N–H and O–H groups in total. The Kier molecular flexibility index (Phi) is 1.01. The first-order valence-electron chi connectivity index (χ1n) is 2.10. The van der Waals surface area contributed by atoms with Crippen LogP contribution >= 0.6 is 0 Å². The average molecular weight is 106 g/mol. The summed E-state index contributed by atoms with van der Waals surface area (Å²) in [6, 6.07) is 1.87. The second-order valence-corrected chi connectivity index (χ2v) is 1.37. The number of rotatable bonds is 0. The Morgan fingerprint density at radius 2 is 2.62 bits per heavy atom. The summed E-state index contributed by atoms with van der Waals surface area (Å²) in [4.78, 5) is 0. The number of nitriles is 1. The molecule has 0 amide bonds. The van der Waals surface area contributed by atoms with Gasteiger partial charge in [0.25, 0.3) is 0 Å². The van der Waals surface area contributed by atoms with Crippen molar-refractivity contribution in [3.05, 3.63) is 24.4 Å². The van der Waals surface area contributed by atoms with Crippen LogP contribution in [-0.2, 0) is 0 Å². The summed E-state index contributed by atoms with van der Waals surface area (Å²) in [5, 5.41) is 14.3. The van der Waals surface area contributed by atoms with E-state index >= 15 is 0 Å². The normalized spacial score (nSPS) is 8.50. The molecular weight excluding hydrogens is 102 g/mol. The molecule has 1 aromatic heterocycles. The topological polar surface area (TPSA) is 52.5 Å². The lowest BCUT2D eigenvalue weighted by molar-refractivity contribution is 1.07. The van der Waals surface area contributed by atoms with Gasteiger partial charge in [0, 0.05) is 11.8 Å². The summed E-state index contributed by atoms with van der Waals surface area (Å²) >= 11 is 0. The quantitative estimate of drug-likeness (QED) is 0.522. The molecule has 1 radical (unpaired) electrons. The van der Waals surface area contributed by atoms with E-state index in [-0.39, 0.29) is 0 Å². The second kappa shape index (κ2) is 1.66. The molecule has 1 aromatic rings. The molecule has 0 aliphatic rings. The van der Waals surface area contributed by atoms with Gasteiger partial charge in [-0.1, -0.05) is 0 Å². The first kappa shape index (κ1) is 4.85. The Labute approximate surface area is 47.0 Å². The zero-order valence-corrected chi connectivity index (χ0v) is 4.18. The number of aromatic nitrogens is 2. The fourth-order valence-corrected chi connectivity index (χ4v) is 0.412. The fourth-order valence-electron chi connectivity index (χ4n) is 0.412. The van der Waals surface area contributed by atoms with Gasteiger partial charge < -0.3 is 0 Å². The van der Waals surface area contributed by atoms with E-state index < -0.39 is 0 Å². The largest absolute Gasteiger partial charge is 0.284 e. The molecule has 0 bridgehead atoms. The summed E-state index contributed by atoms with van der Waals surface area (Å²) in [6.07, 6.45) is 1.58. The zero-order valence-electron chi connectivity index (χ0n) is 4.18. The number of hydrogen-bond donors (Lipinski definition) is 1. The van der Waals surface area contributed by atoms with Crippen molar-refractivity contribution in [2.24, 2.45) is 0 Å². The number of nitrogens with one attached hydrogen (secondary N) is 1. The van der Waals surface area contributed by atoms with Crippen LogP contribution in [0.5, 0.6) is 0 Å². The Morgan fingerprint density at radius 1 is 1.88 bits per heavy atom. The highest BCUT2D eigenvalue weighted by molar-refractivity contribution is 5.30. The second-order valence-electron chi connectivity index (χ2n) is 1.37. The van der Waals surface area contributed by atoms with E-state index in [9.17, 15) is 0 Å². The highest BCUT2D eigenvalue weighted by atomic mass is 15.1. The van der Waals surface area contributed by atoms with Crippen LogP contribution in [0.4, 0.5) is 0 Å². The molecule has 3 heteroatoms. The van der Waals surface area contributed by atoms with Gasteiger partial charge in [0.15, 0.2) is 5.69 Å². The standard InChI is InChI=1S/C5H4N3/c1-4-3-7-8-5(4)2-6/h3H,1H2,(H,7,8). The molecule has 8 heavy (non-hydrogen) atoms. The van der Waals surface area contributed by atoms with E-state index in [0.29, 0.717) is 11.3 Å². The summed E-state index contributed by atoms with van der Waals surface area (Å²) in [7, 11) is 0. The molecular formula is C5H4N3. The van der Waals surface area contributed by atoms with Gasteiger partial charge in [0.2, 0.25) is 0 Å². The van der Waals surface area contributed by atoms with Crippen LogP contribution in [0.15, 0.2) is 6.20 Å². The maximum Gasteiger partial charge on any atom is 0.165 e. The summed E-state index contributed by atoms with van der Waals surface area (Å²) in [6.45, 7) is 3.54. The summed E-state index contributed by atoms with van der Waals surface area (Å²) in [5.41, 5.74) is 1.01. The SMILES string of the molecule is [CH2]c1c[nH]nc1C#N. The Hall–Kier alpha value is -1.30. The molecule has 0 saturated carbocycles.